The van der Waals surface area contributed by atoms with E-state index in [0.29, 0.717) is 10.8 Å². The van der Waals surface area contributed by atoms with Crippen molar-refractivity contribution in [3.8, 4) is 5.75 Å². The maximum atomic E-state index is 12.3. The van der Waals surface area contributed by atoms with Crippen molar-refractivity contribution in [2.24, 2.45) is 0 Å². The van der Waals surface area contributed by atoms with E-state index < -0.39 is 5.60 Å². The molecule has 1 aliphatic heterocycles. The SMILES string of the molecule is CC(C)(Oc1ccc(Cl)cc1)C(=O)NC1CCNCC1. The van der Waals surface area contributed by atoms with E-state index in [-0.39, 0.29) is 11.9 Å². The predicted octanol–water partition coefficient (Wildman–Crippen LogP) is 2.37. The highest BCUT2D eigenvalue weighted by molar-refractivity contribution is 6.30. The molecule has 1 fully saturated rings. The average molecular weight is 297 g/mol. The van der Waals surface area contributed by atoms with E-state index >= 15 is 0 Å². The summed E-state index contributed by atoms with van der Waals surface area (Å²) in [5.74, 6) is 0.555. The van der Waals surface area contributed by atoms with Crippen molar-refractivity contribution in [2.75, 3.05) is 13.1 Å². The van der Waals surface area contributed by atoms with Gasteiger partial charge in [0.25, 0.3) is 5.91 Å². The summed E-state index contributed by atoms with van der Waals surface area (Å²) in [4.78, 5) is 12.3. The van der Waals surface area contributed by atoms with Crippen molar-refractivity contribution in [1.29, 1.82) is 0 Å². The molecule has 1 aromatic rings. The number of carbonyl (C=O) groups excluding carboxylic acids is 1. The smallest absolute Gasteiger partial charge is 0.263 e. The Morgan fingerprint density at radius 3 is 2.50 bits per heavy atom. The summed E-state index contributed by atoms with van der Waals surface area (Å²) in [6.45, 7) is 5.45. The number of benzene rings is 1. The van der Waals surface area contributed by atoms with Crippen LogP contribution in [0.25, 0.3) is 0 Å². The lowest BCUT2D eigenvalue weighted by Crippen LogP contribution is -2.52. The molecule has 20 heavy (non-hydrogen) atoms. The highest BCUT2D eigenvalue weighted by Gasteiger charge is 2.31. The summed E-state index contributed by atoms with van der Waals surface area (Å²) in [6.07, 6.45) is 1.92. The third-order valence-corrected chi connectivity index (χ3v) is 3.66. The lowest BCUT2D eigenvalue weighted by Gasteiger charge is -2.30. The molecule has 0 atom stereocenters. The molecule has 1 aromatic carbocycles. The van der Waals surface area contributed by atoms with Gasteiger partial charge in [0.1, 0.15) is 5.75 Å². The van der Waals surface area contributed by atoms with Gasteiger partial charge in [-0.25, -0.2) is 0 Å². The summed E-state index contributed by atoms with van der Waals surface area (Å²) < 4.78 is 5.77. The number of piperidine rings is 1. The Bertz CT molecular complexity index is 453. The summed E-state index contributed by atoms with van der Waals surface area (Å²) >= 11 is 5.83. The van der Waals surface area contributed by atoms with Gasteiger partial charge in [-0.05, 0) is 64.0 Å². The zero-order valence-electron chi connectivity index (χ0n) is 11.9. The molecule has 1 saturated heterocycles. The van der Waals surface area contributed by atoms with Crippen LogP contribution in [0.5, 0.6) is 5.75 Å². The van der Waals surface area contributed by atoms with Gasteiger partial charge in [0.05, 0.1) is 0 Å². The second-order valence-electron chi connectivity index (χ2n) is 5.56. The number of rotatable bonds is 4. The minimum Gasteiger partial charge on any atom is -0.478 e. The van der Waals surface area contributed by atoms with Crippen LogP contribution in [0.2, 0.25) is 5.02 Å². The first-order valence-corrected chi connectivity index (χ1v) is 7.31. The highest BCUT2D eigenvalue weighted by Crippen LogP contribution is 2.21. The molecular weight excluding hydrogens is 276 g/mol. The maximum Gasteiger partial charge on any atom is 0.263 e. The lowest BCUT2D eigenvalue weighted by atomic mass is 10.0. The van der Waals surface area contributed by atoms with E-state index in [0.717, 1.165) is 25.9 Å². The van der Waals surface area contributed by atoms with Gasteiger partial charge in [-0.1, -0.05) is 11.6 Å². The quantitative estimate of drug-likeness (QED) is 0.897. The van der Waals surface area contributed by atoms with E-state index in [4.69, 9.17) is 16.3 Å². The second-order valence-corrected chi connectivity index (χ2v) is 6.00. The molecule has 5 heteroatoms. The second kappa shape index (κ2) is 6.46. The van der Waals surface area contributed by atoms with Crippen LogP contribution >= 0.6 is 11.6 Å². The van der Waals surface area contributed by atoms with Crippen LogP contribution in [0, 0.1) is 0 Å². The Hall–Kier alpha value is -1.26. The van der Waals surface area contributed by atoms with Crippen LogP contribution in [0.15, 0.2) is 24.3 Å². The van der Waals surface area contributed by atoms with E-state index in [2.05, 4.69) is 10.6 Å². The molecule has 0 radical (unpaired) electrons. The number of hydrogen-bond acceptors (Lipinski definition) is 3. The first kappa shape index (κ1) is 15.1. The summed E-state index contributed by atoms with van der Waals surface area (Å²) in [5, 5.41) is 6.99. The number of nitrogens with one attached hydrogen (secondary N) is 2. The van der Waals surface area contributed by atoms with Crippen molar-refractivity contribution in [3.63, 3.8) is 0 Å². The molecule has 1 aliphatic rings. The molecule has 0 unspecified atom stereocenters. The molecule has 2 N–H and O–H groups in total. The number of halogens is 1. The lowest BCUT2D eigenvalue weighted by molar-refractivity contribution is -0.135. The molecule has 0 saturated carbocycles. The van der Waals surface area contributed by atoms with Gasteiger partial charge in [0.2, 0.25) is 0 Å². The molecule has 0 bridgehead atoms. The minimum absolute atomic E-state index is 0.0839. The van der Waals surface area contributed by atoms with E-state index in [1.807, 2.05) is 0 Å². The van der Waals surface area contributed by atoms with E-state index in [9.17, 15) is 4.79 Å². The first-order chi connectivity index (χ1) is 9.47. The Labute approximate surface area is 124 Å². The Morgan fingerprint density at radius 1 is 1.30 bits per heavy atom. The van der Waals surface area contributed by atoms with Gasteiger partial charge in [-0.3, -0.25) is 4.79 Å². The summed E-state index contributed by atoms with van der Waals surface area (Å²) in [5.41, 5.74) is -0.904. The molecule has 0 aliphatic carbocycles. The van der Waals surface area contributed by atoms with Gasteiger partial charge in [0.15, 0.2) is 5.60 Å². The molecule has 2 rings (SSSR count). The number of amides is 1. The average Bonchev–Trinajstić information content (AvgIpc) is 2.42. The van der Waals surface area contributed by atoms with Crippen molar-refractivity contribution < 1.29 is 9.53 Å². The van der Waals surface area contributed by atoms with Gasteiger partial charge >= 0.3 is 0 Å². The fraction of sp³-hybridized carbons (Fsp3) is 0.533. The standard InChI is InChI=1S/C15H21ClN2O2/c1-15(2,20-13-5-3-11(16)4-6-13)14(19)18-12-7-9-17-10-8-12/h3-6,12,17H,7-10H2,1-2H3,(H,18,19). The topological polar surface area (TPSA) is 50.4 Å². The normalized spacial score (nSPS) is 16.8. The monoisotopic (exact) mass is 296 g/mol. The van der Waals surface area contributed by atoms with Crippen LogP contribution in [0.4, 0.5) is 0 Å². The van der Waals surface area contributed by atoms with Crippen LogP contribution in [-0.2, 0) is 4.79 Å². The largest absolute Gasteiger partial charge is 0.478 e. The molecule has 0 aromatic heterocycles. The van der Waals surface area contributed by atoms with Crippen molar-refractivity contribution in [3.05, 3.63) is 29.3 Å². The van der Waals surface area contributed by atoms with E-state index in [1.165, 1.54) is 0 Å². The summed E-state index contributed by atoms with van der Waals surface area (Å²) in [6, 6.07) is 7.26. The van der Waals surface area contributed by atoms with Gasteiger partial charge in [-0.15, -0.1) is 0 Å². The Morgan fingerprint density at radius 2 is 1.90 bits per heavy atom. The van der Waals surface area contributed by atoms with Crippen molar-refractivity contribution in [2.45, 2.75) is 38.3 Å². The van der Waals surface area contributed by atoms with Gasteiger partial charge in [0, 0.05) is 11.1 Å². The Balaban J connectivity index is 1.94. The zero-order chi connectivity index (χ0) is 14.6. The third kappa shape index (κ3) is 4.12. The Kier molecular flexibility index (Phi) is 4.89. The minimum atomic E-state index is -0.904. The van der Waals surface area contributed by atoms with Crippen molar-refractivity contribution in [1.82, 2.24) is 10.6 Å². The van der Waals surface area contributed by atoms with Crippen molar-refractivity contribution >= 4 is 17.5 Å². The molecular formula is C15H21ClN2O2. The maximum absolute atomic E-state index is 12.3. The van der Waals surface area contributed by atoms with Gasteiger partial charge < -0.3 is 15.4 Å². The van der Waals surface area contributed by atoms with Gasteiger partial charge in [-0.2, -0.15) is 0 Å². The number of carbonyl (C=O) groups is 1. The van der Waals surface area contributed by atoms with Crippen LogP contribution in [-0.4, -0.2) is 30.6 Å². The van der Waals surface area contributed by atoms with Crippen LogP contribution in [0.3, 0.4) is 0 Å². The third-order valence-electron chi connectivity index (χ3n) is 3.41. The molecule has 1 amide bonds. The first-order valence-electron chi connectivity index (χ1n) is 6.94. The predicted molar refractivity (Wildman–Crippen MR) is 80.2 cm³/mol. The van der Waals surface area contributed by atoms with E-state index in [1.54, 1.807) is 38.1 Å². The zero-order valence-corrected chi connectivity index (χ0v) is 12.7. The highest BCUT2D eigenvalue weighted by atomic mass is 35.5. The fourth-order valence-corrected chi connectivity index (χ4v) is 2.30. The van der Waals surface area contributed by atoms with Crippen LogP contribution < -0.4 is 15.4 Å². The molecule has 1 heterocycles. The number of hydrogen-bond donors (Lipinski definition) is 2. The molecule has 110 valence electrons. The van der Waals surface area contributed by atoms with Crippen LogP contribution in [0.1, 0.15) is 26.7 Å². The fourth-order valence-electron chi connectivity index (χ4n) is 2.17. The molecule has 4 nitrogen and oxygen atoms in total. The number of ether oxygens (including phenoxy) is 1. The summed E-state index contributed by atoms with van der Waals surface area (Å²) in [7, 11) is 0. The molecule has 0 spiro atoms.